The Balaban J connectivity index is 1.87. The Labute approximate surface area is 204 Å². The summed E-state index contributed by atoms with van der Waals surface area (Å²) in [6.07, 6.45) is -4.87. The highest BCUT2D eigenvalue weighted by Gasteiger charge is 2.31. The molecule has 0 aliphatic carbocycles. The molecule has 1 amide bonds. The number of nitrogens with one attached hydrogen (secondary N) is 1. The van der Waals surface area contributed by atoms with Crippen LogP contribution in [-0.4, -0.2) is 30.7 Å². The number of carbonyl (C=O) groups excluding carboxylic acids is 1. The molecule has 0 aliphatic rings. The zero-order valence-electron chi connectivity index (χ0n) is 18.5. The van der Waals surface area contributed by atoms with Gasteiger partial charge in [-0.2, -0.15) is 13.2 Å². The number of ether oxygens (including phenoxy) is 2. The Kier molecular flexibility index (Phi) is 8.24. The zero-order valence-corrected chi connectivity index (χ0v) is 19.2. The fourth-order valence-corrected chi connectivity index (χ4v) is 3.48. The lowest BCUT2D eigenvalue weighted by Crippen LogP contribution is -2.28. The first kappa shape index (κ1) is 25.9. The average Bonchev–Trinajstić information content (AvgIpc) is 2.81. The van der Waals surface area contributed by atoms with Crippen LogP contribution in [0.4, 0.5) is 13.2 Å². The highest BCUT2D eigenvalue weighted by Crippen LogP contribution is 2.37. The van der Waals surface area contributed by atoms with E-state index < -0.39 is 23.6 Å². The van der Waals surface area contributed by atoms with Gasteiger partial charge in [-0.25, -0.2) is 0 Å². The summed E-state index contributed by atoms with van der Waals surface area (Å²) in [6, 6.07) is 14.1. The van der Waals surface area contributed by atoms with E-state index in [1.54, 1.807) is 42.5 Å². The molecule has 0 saturated carbocycles. The van der Waals surface area contributed by atoms with Crippen molar-refractivity contribution in [3.63, 3.8) is 0 Å². The van der Waals surface area contributed by atoms with Gasteiger partial charge in [-0.3, -0.25) is 9.59 Å². The number of halogens is 4. The van der Waals surface area contributed by atoms with Crippen molar-refractivity contribution in [1.29, 1.82) is 0 Å². The second-order valence-corrected chi connectivity index (χ2v) is 7.93. The molecule has 0 radical (unpaired) electrons. The largest absolute Gasteiger partial charge is 0.496 e. The van der Waals surface area contributed by atoms with Gasteiger partial charge in [-0.05, 0) is 65.2 Å². The van der Waals surface area contributed by atoms with Crippen LogP contribution in [0.25, 0.3) is 11.1 Å². The van der Waals surface area contributed by atoms with Crippen LogP contribution in [0, 0.1) is 0 Å². The Morgan fingerprint density at radius 1 is 1.00 bits per heavy atom. The first-order valence-electron chi connectivity index (χ1n) is 10.3. The number of methoxy groups -OCH3 is 1. The molecule has 6 nitrogen and oxygen atoms in total. The molecule has 3 aromatic carbocycles. The molecule has 2 N–H and O–H groups in total. The molecule has 0 saturated heterocycles. The second-order valence-electron chi connectivity index (χ2n) is 7.49. The van der Waals surface area contributed by atoms with E-state index in [4.69, 9.17) is 26.2 Å². The number of aliphatic carboxylic acids is 1. The number of carbonyl (C=O) groups is 2. The number of alkyl halides is 3. The maximum Gasteiger partial charge on any atom is 0.416 e. The van der Waals surface area contributed by atoms with Crippen LogP contribution < -0.4 is 14.8 Å². The quantitative estimate of drug-likeness (QED) is 0.407. The molecule has 0 unspecified atom stereocenters. The number of hydrogen-bond acceptors (Lipinski definition) is 4. The van der Waals surface area contributed by atoms with Gasteiger partial charge in [0.2, 0.25) is 0 Å². The van der Waals surface area contributed by atoms with Crippen LogP contribution in [0.1, 0.15) is 16.7 Å². The molecule has 0 spiro atoms. The lowest BCUT2D eigenvalue weighted by atomic mass is 9.94. The van der Waals surface area contributed by atoms with Gasteiger partial charge in [0.25, 0.3) is 5.91 Å². The van der Waals surface area contributed by atoms with Crippen molar-refractivity contribution >= 4 is 23.5 Å². The van der Waals surface area contributed by atoms with E-state index in [0.29, 0.717) is 33.2 Å². The molecule has 35 heavy (non-hydrogen) atoms. The summed E-state index contributed by atoms with van der Waals surface area (Å²) in [6.45, 7) is -0.582. The van der Waals surface area contributed by atoms with Crippen LogP contribution in [0.3, 0.4) is 0 Å². The third kappa shape index (κ3) is 7.13. The fraction of sp³-hybridized carbons (Fsp3) is 0.200. The summed E-state index contributed by atoms with van der Waals surface area (Å²) in [5, 5.41) is 12.2. The van der Waals surface area contributed by atoms with Gasteiger partial charge < -0.3 is 19.9 Å². The van der Waals surface area contributed by atoms with Crippen LogP contribution >= 0.6 is 11.6 Å². The van der Waals surface area contributed by atoms with Crippen molar-refractivity contribution in [2.24, 2.45) is 0 Å². The van der Waals surface area contributed by atoms with E-state index in [1.807, 2.05) is 0 Å². The molecule has 184 valence electrons. The van der Waals surface area contributed by atoms with Crippen LogP contribution in [0.5, 0.6) is 11.5 Å². The minimum atomic E-state index is -4.59. The van der Waals surface area contributed by atoms with Crippen LogP contribution in [0.15, 0.2) is 60.7 Å². The van der Waals surface area contributed by atoms with Gasteiger partial charge in [0, 0.05) is 17.1 Å². The molecule has 0 bridgehead atoms. The zero-order chi connectivity index (χ0) is 25.6. The molecule has 0 atom stereocenters. The van der Waals surface area contributed by atoms with Crippen molar-refractivity contribution in [3.8, 4) is 22.6 Å². The standard InChI is InChI=1S/C25H21ClF3NO5/c1-34-22-9-2-15(11-24(32)33)10-21(22)20-8-3-17(25(27,28)29)12-16(20)13-30-23(31)14-35-19-6-4-18(26)5-7-19/h2-10,12H,11,13-14H2,1H3,(H,30,31)(H,32,33). The average molecular weight is 508 g/mol. The van der Waals surface area contributed by atoms with E-state index in [2.05, 4.69) is 5.32 Å². The van der Waals surface area contributed by atoms with Crippen molar-refractivity contribution in [1.82, 2.24) is 5.32 Å². The topological polar surface area (TPSA) is 84.9 Å². The Hall–Kier alpha value is -3.72. The smallest absolute Gasteiger partial charge is 0.416 e. The normalized spacial score (nSPS) is 11.1. The van der Waals surface area contributed by atoms with Crippen molar-refractivity contribution in [2.45, 2.75) is 19.1 Å². The molecule has 0 aliphatic heterocycles. The Morgan fingerprint density at radius 3 is 2.34 bits per heavy atom. The highest BCUT2D eigenvalue weighted by atomic mass is 35.5. The van der Waals surface area contributed by atoms with E-state index in [0.717, 1.165) is 12.1 Å². The first-order valence-corrected chi connectivity index (χ1v) is 10.7. The third-order valence-electron chi connectivity index (χ3n) is 5.00. The highest BCUT2D eigenvalue weighted by molar-refractivity contribution is 6.30. The SMILES string of the molecule is COc1ccc(CC(=O)O)cc1-c1ccc(C(F)(F)F)cc1CNC(=O)COc1ccc(Cl)cc1. The number of carboxylic acids is 1. The van der Waals surface area contributed by atoms with Crippen LogP contribution in [-0.2, 0) is 28.7 Å². The minimum Gasteiger partial charge on any atom is -0.496 e. The van der Waals surface area contributed by atoms with Gasteiger partial charge in [-0.15, -0.1) is 0 Å². The molecule has 0 fully saturated rings. The number of amides is 1. The molecule has 0 heterocycles. The Morgan fingerprint density at radius 2 is 1.71 bits per heavy atom. The van der Waals surface area contributed by atoms with E-state index in [1.165, 1.54) is 13.2 Å². The number of rotatable bonds is 9. The van der Waals surface area contributed by atoms with Crippen molar-refractivity contribution in [2.75, 3.05) is 13.7 Å². The summed E-state index contributed by atoms with van der Waals surface area (Å²) < 4.78 is 50.9. The molecule has 3 aromatic rings. The summed E-state index contributed by atoms with van der Waals surface area (Å²) in [4.78, 5) is 23.4. The lowest BCUT2D eigenvalue weighted by molar-refractivity contribution is -0.138. The number of hydrogen-bond donors (Lipinski definition) is 2. The number of carboxylic acid groups (broad SMARTS) is 1. The lowest BCUT2D eigenvalue weighted by Gasteiger charge is -2.17. The van der Waals surface area contributed by atoms with Crippen molar-refractivity contribution < 1.29 is 37.3 Å². The van der Waals surface area contributed by atoms with Gasteiger partial charge in [0.1, 0.15) is 11.5 Å². The molecule has 10 heteroatoms. The number of benzene rings is 3. The maximum atomic E-state index is 13.4. The predicted molar refractivity (Wildman–Crippen MR) is 124 cm³/mol. The molecular weight excluding hydrogens is 487 g/mol. The van der Waals surface area contributed by atoms with Crippen molar-refractivity contribution in [3.05, 3.63) is 82.4 Å². The van der Waals surface area contributed by atoms with Gasteiger partial charge in [-0.1, -0.05) is 23.7 Å². The maximum absolute atomic E-state index is 13.4. The van der Waals surface area contributed by atoms with Crippen LogP contribution in [0.2, 0.25) is 5.02 Å². The molecule has 3 rings (SSSR count). The minimum absolute atomic E-state index is 0.172. The predicted octanol–water partition coefficient (Wildman–Crippen LogP) is 5.36. The van der Waals surface area contributed by atoms with Gasteiger partial charge in [0.15, 0.2) is 6.61 Å². The van der Waals surface area contributed by atoms with Gasteiger partial charge in [0.05, 0.1) is 19.1 Å². The fourth-order valence-electron chi connectivity index (χ4n) is 3.35. The summed E-state index contributed by atoms with van der Waals surface area (Å²) >= 11 is 5.81. The monoisotopic (exact) mass is 507 g/mol. The van der Waals surface area contributed by atoms with E-state index in [9.17, 15) is 22.8 Å². The second kappa shape index (κ2) is 11.1. The van der Waals surface area contributed by atoms with E-state index >= 15 is 0 Å². The van der Waals surface area contributed by atoms with Gasteiger partial charge >= 0.3 is 12.1 Å². The first-order chi connectivity index (χ1) is 16.6. The molecule has 0 aromatic heterocycles. The molecular formula is C25H21ClF3NO5. The summed E-state index contributed by atoms with van der Waals surface area (Å²) in [5.74, 6) is -0.849. The third-order valence-corrected chi connectivity index (χ3v) is 5.25. The summed E-state index contributed by atoms with van der Waals surface area (Å²) in [7, 11) is 1.40. The Bertz CT molecular complexity index is 1210. The summed E-state index contributed by atoms with van der Waals surface area (Å²) in [5.41, 5.74) is 0.496. The van der Waals surface area contributed by atoms with E-state index in [-0.39, 0.29) is 25.1 Å².